The van der Waals surface area contributed by atoms with Crippen molar-refractivity contribution in [2.75, 3.05) is 40.3 Å². The normalized spacial score (nSPS) is 19.3. The maximum atomic E-state index is 12.4. The molecule has 0 aliphatic carbocycles. The highest BCUT2D eigenvalue weighted by atomic mass is 16.5. The SMILES string of the molecule is CN1C(=O)/C(=C/c2ccccc2OCC(O)CN2CCC(c3ccc4ccccc4c3)CC2)N(C)C1=O. The lowest BCUT2D eigenvalue weighted by Crippen LogP contribution is -2.40. The van der Waals surface area contributed by atoms with E-state index in [2.05, 4.69) is 47.4 Å². The van der Waals surface area contributed by atoms with Gasteiger partial charge in [-0.1, -0.05) is 60.7 Å². The number of piperidine rings is 1. The fourth-order valence-electron chi connectivity index (χ4n) is 5.21. The third kappa shape index (κ3) is 5.38. The Hall–Kier alpha value is -3.68. The topological polar surface area (TPSA) is 73.3 Å². The number of hydrogen-bond acceptors (Lipinski definition) is 5. The molecule has 5 rings (SSSR count). The Morgan fingerprint density at radius 3 is 2.38 bits per heavy atom. The number of para-hydroxylation sites is 1. The van der Waals surface area contributed by atoms with Crippen LogP contribution in [0, 0.1) is 0 Å². The first-order valence-electron chi connectivity index (χ1n) is 12.8. The van der Waals surface area contributed by atoms with E-state index in [1.165, 1.54) is 28.3 Å². The lowest BCUT2D eigenvalue weighted by molar-refractivity contribution is -0.122. The van der Waals surface area contributed by atoms with Crippen molar-refractivity contribution < 1.29 is 19.4 Å². The van der Waals surface area contributed by atoms with Crippen LogP contribution in [0.25, 0.3) is 16.8 Å². The molecule has 0 bridgehead atoms. The van der Waals surface area contributed by atoms with Crippen LogP contribution in [0.2, 0.25) is 0 Å². The van der Waals surface area contributed by atoms with Crippen molar-refractivity contribution >= 4 is 28.8 Å². The van der Waals surface area contributed by atoms with Gasteiger partial charge >= 0.3 is 6.03 Å². The van der Waals surface area contributed by atoms with Crippen LogP contribution in [0.5, 0.6) is 5.75 Å². The van der Waals surface area contributed by atoms with E-state index in [4.69, 9.17) is 4.74 Å². The van der Waals surface area contributed by atoms with Gasteiger partial charge in [0.1, 0.15) is 24.2 Å². The van der Waals surface area contributed by atoms with Crippen molar-refractivity contribution in [3.63, 3.8) is 0 Å². The Morgan fingerprint density at radius 2 is 1.65 bits per heavy atom. The first-order chi connectivity index (χ1) is 17.9. The maximum absolute atomic E-state index is 12.4. The molecule has 3 aromatic rings. The summed E-state index contributed by atoms with van der Waals surface area (Å²) in [4.78, 5) is 29.2. The lowest BCUT2D eigenvalue weighted by Gasteiger charge is -2.33. The molecule has 37 heavy (non-hydrogen) atoms. The van der Waals surface area contributed by atoms with Crippen molar-refractivity contribution in [3.05, 3.63) is 83.6 Å². The molecule has 0 aromatic heterocycles. The molecule has 7 heteroatoms. The number of amides is 3. The van der Waals surface area contributed by atoms with Gasteiger partial charge in [-0.25, -0.2) is 4.79 Å². The summed E-state index contributed by atoms with van der Waals surface area (Å²) < 4.78 is 5.96. The number of nitrogens with zero attached hydrogens (tertiary/aromatic N) is 3. The summed E-state index contributed by atoms with van der Waals surface area (Å²) in [6.07, 6.45) is 3.15. The van der Waals surface area contributed by atoms with E-state index in [9.17, 15) is 14.7 Å². The molecule has 2 fully saturated rings. The molecule has 7 nitrogen and oxygen atoms in total. The number of carbonyl (C=O) groups is 2. The highest BCUT2D eigenvalue weighted by molar-refractivity contribution is 6.13. The van der Waals surface area contributed by atoms with Crippen molar-refractivity contribution in [2.45, 2.75) is 24.9 Å². The van der Waals surface area contributed by atoms with Crippen molar-refractivity contribution in [1.82, 2.24) is 14.7 Å². The van der Waals surface area contributed by atoms with Crippen LogP contribution in [-0.2, 0) is 4.79 Å². The number of hydrogen-bond donors (Lipinski definition) is 1. The van der Waals surface area contributed by atoms with Gasteiger partial charge in [0.25, 0.3) is 5.91 Å². The minimum absolute atomic E-state index is 0.146. The zero-order valence-corrected chi connectivity index (χ0v) is 21.3. The second-order valence-electron chi connectivity index (χ2n) is 9.92. The van der Waals surface area contributed by atoms with Gasteiger partial charge in [-0.2, -0.15) is 0 Å². The first kappa shape index (κ1) is 25.0. The molecular formula is C30H33N3O4. The molecule has 1 unspecified atom stereocenters. The van der Waals surface area contributed by atoms with E-state index in [0.29, 0.717) is 29.5 Å². The molecule has 2 heterocycles. The van der Waals surface area contributed by atoms with Gasteiger partial charge in [-0.3, -0.25) is 14.6 Å². The van der Waals surface area contributed by atoms with Gasteiger partial charge in [-0.05, 0) is 60.3 Å². The molecule has 0 spiro atoms. The average Bonchev–Trinajstić information content (AvgIpc) is 3.10. The van der Waals surface area contributed by atoms with E-state index in [1.54, 1.807) is 19.2 Å². The number of aliphatic hydroxyl groups is 1. The zero-order chi connectivity index (χ0) is 25.9. The molecule has 2 aliphatic heterocycles. The molecular weight excluding hydrogens is 466 g/mol. The number of carbonyl (C=O) groups excluding carboxylic acids is 2. The van der Waals surface area contributed by atoms with Crippen LogP contribution in [0.15, 0.2) is 72.4 Å². The molecule has 2 aliphatic rings. The number of fused-ring (bicyclic) bond motifs is 1. The summed E-state index contributed by atoms with van der Waals surface area (Å²) in [7, 11) is 3.04. The van der Waals surface area contributed by atoms with Gasteiger partial charge in [0.2, 0.25) is 0 Å². The monoisotopic (exact) mass is 499 g/mol. The standard InChI is InChI=1S/C30H33N3O4/c1-31-27(29(35)32(2)30(31)36)18-25-9-5-6-10-28(25)37-20-26(34)19-33-15-13-22(14-16-33)24-12-11-21-7-3-4-8-23(21)17-24/h3-12,17-18,22,26,34H,13-16,19-20H2,1-2H3/b27-18-. The van der Waals surface area contributed by atoms with E-state index >= 15 is 0 Å². The van der Waals surface area contributed by atoms with Crippen molar-refractivity contribution in [2.24, 2.45) is 0 Å². The fourth-order valence-corrected chi connectivity index (χ4v) is 5.21. The van der Waals surface area contributed by atoms with Crippen molar-refractivity contribution in [3.8, 4) is 5.75 Å². The molecule has 192 valence electrons. The Kier molecular flexibility index (Phi) is 7.26. The first-order valence-corrected chi connectivity index (χ1v) is 12.8. The summed E-state index contributed by atoms with van der Waals surface area (Å²) in [6, 6.07) is 22.2. The van der Waals surface area contributed by atoms with E-state index in [0.717, 1.165) is 30.8 Å². The molecule has 0 saturated carbocycles. The van der Waals surface area contributed by atoms with Gasteiger partial charge in [-0.15, -0.1) is 0 Å². The second kappa shape index (κ2) is 10.7. The third-order valence-corrected chi connectivity index (χ3v) is 7.40. The van der Waals surface area contributed by atoms with Crippen LogP contribution in [0.4, 0.5) is 4.79 Å². The summed E-state index contributed by atoms with van der Waals surface area (Å²) in [5, 5.41) is 13.3. The highest BCUT2D eigenvalue weighted by Gasteiger charge is 2.36. The number of urea groups is 1. The number of likely N-dealkylation sites (tertiary alicyclic amines) is 1. The molecule has 2 saturated heterocycles. The lowest BCUT2D eigenvalue weighted by atomic mass is 9.88. The predicted octanol–water partition coefficient (Wildman–Crippen LogP) is 4.32. The summed E-state index contributed by atoms with van der Waals surface area (Å²) in [5.41, 5.74) is 2.37. The van der Waals surface area contributed by atoms with Crippen LogP contribution in [0.3, 0.4) is 0 Å². The minimum Gasteiger partial charge on any atom is -0.490 e. The molecule has 0 radical (unpaired) electrons. The zero-order valence-electron chi connectivity index (χ0n) is 21.3. The Balaban J connectivity index is 1.15. The minimum atomic E-state index is -0.638. The number of ether oxygens (including phenoxy) is 1. The van der Waals surface area contributed by atoms with Crippen LogP contribution >= 0.6 is 0 Å². The van der Waals surface area contributed by atoms with Crippen molar-refractivity contribution in [1.29, 1.82) is 0 Å². The summed E-state index contributed by atoms with van der Waals surface area (Å²) in [6.45, 7) is 2.57. The van der Waals surface area contributed by atoms with E-state index < -0.39 is 6.10 Å². The second-order valence-corrected chi connectivity index (χ2v) is 9.92. The quantitative estimate of drug-likeness (QED) is 0.387. The van der Waals surface area contributed by atoms with Crippen LogP contribution in [0.1, 0.15) is 29.9 Å². The summed E-state index contributed by atoms with van der Waals surface area (Å²) >= 11 is 0. The van der Waals surface area contributed by atoms with Gasteiger partial charge in [0.05, 0.1) is 0 Å². The van der Waals surface area contributed by atoms with Gasteiger partial charge < -0.3 is 14.7 Å². The van der Waals surface area contributed by atoms with Gasteiger partial charge in [0.15, 0.2) is 0 Å². The largest absolute Gasteiger partial charge is 0.490 e. The Bertz CT molecular complexity index is 1330. The number of aliphatic hydroxyl groups excluding tert-OH is 1. The highest BCUT2D eigenvalue weighted by Crippen LogP contribution is 2.30. The third-order valence-electron chi connectivity index (χ3n) is 7.40. The fraction of sp³-hybridized carbons (Fsp3) is 0.333. The number of imide groups is 1. The number of β-amino-alcohol motifs (C(OH)–C–C–N with tert-alkyl or cyclic N) is 1. The average molecular weight is 500 g/mol. The van der Waals surface area contributed by atoms with Gasteiger partial charge in [0, 0.05) is 26.2 Å². The molecule has 3 amide bonds. The van der Waals surface area contributed by atoms with E-state index in [1.807, 2.05) is 18.2 Å². The summed E-state index contributed by atoms with van der Waals surface area (Å²) in [5.74, 6) is 0.748. The smallest absolute Gasteiger partial charge is 0.331 e. The van der Waals surface area contributed by atoms with Crippen LogP contribution in [-0.4, -0.2) is 78.2 Å². The number of benzene rings is 3. The molecule has 1 atom stereocenters. The van der Waals surface area contributed by atoms with Crippen LogP contribution < -0.4 is 4.74 Å². The maximum Gasteiger partial charge on any atom is 0.331 e. The predicted molar refractivity (Wildman–Crippen MR) is 144 cm³/mol. The number of rotatable bonds is 7. The Morgan fingerprint density at radius 1 is 0.946 bits per heavy atom. The van der Waals surface area contributed by atoms with E-state index in [-0.39, 0.29) is 18.5 Å². The Labute approximate surface area is 217 Å². The number of likely N-dealkylation sites (N-methyl/N-ethyl adjacent to an activating group) is 2. The molecule has 1 N–H and O–H groups in total. The molecule has 3 aromatic carbocycles.